The normalized spacial score (nSPS) is 20.2. The van der Waals surface area contributed by atoms with Crippen LogP contribution < -0.4 is 4.90 Å². The molecule has 1 aromatic carbocycles. The van der Waals surface area contributed by atoms with E-state index in [9.17, 15) is 0 Å². The molecule has 1 atom stereocenters. The Kier molecular flexibility index (Phi) is 4.24. The van der Waals surface area contributed by atoms with Crippen LogP contribution in [0.3, 0.4) is 0 Å². The minimum absolute atomic E-state index is 0.559. The van der Waals surface area contributed by atoms with Gasteiger partial charge in [0.25, 0.3) is 0 Å². The lowest BCUT2D eigenvalue weighted by atomic mass is 10.00. The number of hydrogen-bond donors (Lipinski definition) is 0. The highest BCUT2D eigenvalue weighted by molar-refractivity contribution is 5.48. The predicted molar refractivity (Wildman–Crippen MR) is 80.0 cm³/mol. The van der Waals surface area contributed by atoms with Crippen molar-refractivity contribution in [3.8, 4) is 0 Å². The molecule has 96 valence electrons. The third-order valence-corrected chi connectivity index (χ3v) is 3.53. The molecule has 0 saturated heterocycles. The highest BCUT2D eigenvalue weighted by Gasteiger charge is 2.21. The van der Waals surface area contributed by atoms with Crippen LogP contribution in [-0.2, 0) is 0 Å². The molecule has 1 heterocycles. The maximum atomic E-state index is 4.09. The summed E-state index contributed by atoms with van der Waals surface area (Å²) in [6.07, 6.45) is 5.77. The van der Waals surface area contributed by atoms with Crippen LogP contribution in [0.2, 0.25) is 0 Å². The molecule has 1 nitrogen and oxygen atoms in total. The summed E-state index contributed by atoms with van der Waals surface area (Å²) in [5.41, 5.74) is 4.13. The fraction of sp³-hybridized carbons (Fsp3) is 0.412. The monoisotopic (exact) mass is 241 g/mol. The Morgan fingerprint density at radius 1 is 1.33 bits per heavy atom. The van der Waals surface area contributed by atoms with E-state index in [-0.39, 0.29) is 0 Å². The molecule has 1 aliphatic heterocycles. The molecule has 1 heteroatoms. The van der Waals surface area contributed by atoms with Gasteiger partial charge in [0, 0.05) is 18.3 Å². The lowest BCUT2D eigenvalue weighted by molar-refractivity contribution is 0.593. The minimum Gasteiger partial charge on any atom is -0.368 e. The third-order valence-electron chi connectivity index (χ3n) is 3.53. The molecule has 0 aromatic heterocycles. The number of anilines is 1. The highest BCUT2D eigenvalue weighted by atomic mass is 15.2. The molecule has 0 N–H and O–H groups in total. The molecule has 0 radical (unpaired) electrons. The standard InChI is InChI=1S/C17H23N/c1-14(2)12-17-13-15(3)8-7-11-18(17)16-9-5-4-6-10-16/h4-6,8-10,17H,1,7,11-13H2,2-3H3/t17-/m0/s1. The van der Waals surface area contributed by atoms with Gasteiger partial charge in [0.05, 0.1) is 0 Å². The van der Waals surface area contributed by atoms with Gasteiger partial charge in [-0.2, -0.15) is 0 Å². The zero-order valence-corrected chi connectivity index (χ0v) is 11.5. The van der Waals surface area contributed by atoms with Gasteiger partial charge in [-0.25, -0.2) is 0 Å². The van der Waals surface area contributed by atoms with Crippen LogP contribution in [0.25, 0.3) is 0 Å². The second-order valence-electron chi connectivity index (χ2n) is 5.39. The zero-order chi connectivity index (χ0) is 13.0. The van der Waals surface area contributed by atoms with E-state index in [1.807, 2.05) is 0 Å². The van der Waals surface area contributed by atoms with Crippen LogP contribution in [0, 0.1) is 0 Å². The molecular formula is C17H23N. The van der Waals surface area contributed by atoms with E-state index in [1.165, 1.54) is 16.8 Å². The van der Waals surface area contributed by atoms with E-state index < -0.39 is 0 Å². The summed E-state index contributed by atoms with van der Waals surface area (Å²) in [5.74, 6) is 0. The summed E-state index contributed by atoms with van der Waals surface area (Å²) >= 11 is 0. The molecule has 0 aliphatic carbocycles. The fourth-order valence-electron chi connectivity index (χ4n) is 2.74. The van der Waals surface area contributed by atoms with Crippen LogP contribution in [-0.4, -0.2) is 12.6 Å². The molecule has 0 unspecified atom stereocenters. The van der Waals surface area contributed by atoms with Crippen LogP contribution in [0.1, 0.15) is 33.1 Å². The number of rotatable bonds is 3. The largest absolute Gasteiger partial charge is 0.368 e. The van der Waals surface area contributed by atoms with E-state index in [0.29, 0.717) is 6.04 Å². The number of nitrogens with zero attached hydrogens (tertiary/aromatic N) is 1. The topological polar surface area (TPSA) is 3.24 Å². The van der Waals surface area contributed by atoms with Crippen molar-refractivity contribution in [1.82, 2.24) is 0 Å². The number of para-hydroxylation sites is 1. The Balaban J connectivity index is 2.22. The number of benzene rings is 1. The van der Waals surface area contributed by atoms with E-state index >= 15 is 0 Å². The average molecular weight is 241 g/mol. The van der Waals surface area contributed by atoms with Crippen LogP contribution in [0.5, 0.6) is 0 Å². The summed E-state index contributed by atoms with van der Waals surface area (Å²) in [6, 6.07) is 11.3. The Hall–Kier alpha value is -1.50. The van der Waals surface area contributed by atoms with E-state index in [0.717, 1.165) is 25.8 Å². The van der Waals surface area contributed by atoms with Crippen molar-refractivity contribution >= 4 is 5.69 Å². The van der Waals surface area contributed by atoms with Gasteiger partial charge >= 0.3 is 0 Å². The first-order chi connectivity index (χ1) is 8.66. The van der Waals surface area contributed by atoms with Gasteiger partial charge in [0.1, 0.15) is 0 Å². The van der Waals surface area contributed by atoms with Gasteiger partial charge in [0.2, 0.25) is 0 Å². The Morgan fingerprint density at radius 3 is 2.72 bits per heavy atom. The SMILES string of the molecule is C=C(C)C[C@H]1CC(C)=CCCN1c1ccccc1. The van der Waals surface area contributed by atoms with Crippen LogP contribution >= 0.6 is 0 Å². The summed E-state index contributed by atoms with van der Waals surface area (Å²) in [5, 5.41) is 0. The summed E-state index contributed by atoms with van der Waals surface area (Å²) in [4.78, 5) is 2.54. The van der Waals surface area contributed by atoms with Crippen molar-refractivity contribution in [3.05, 3.63) is 54.1 Å². The molecule has 18 heavy (non-hydrogen) atoms. The van der Waals surface area contributed by atoms with Crippen molar-refractivity contribution in [1.29, 1.82) is 0 Å². The molecule has 0 fully saturated rings. The van der Waals surface area contributed by atoms with Gasteiger partial charge in [-0.3, -0.25) is 0 Å². The molecule has 1 aliphatic rings. The van der Waals surface area contributed by atoms with Crippen LogP contribution in [0.4, 0.5) is 5.69 Å². The first-order valence-corrected chi connectivity index (χ1v) is 6.78. The van der Waals surface area contributed by atoms with E-state index in [4.69, 9.17) is 0 Å². The minimum atomic E-state index is 0.559. The molecule has 0 saturated carbocycles. The quantitative estimate of drug-likeness (QED) is 0.701. The average Bonchev–Trinajstić information content (AvgIpc) is 2.51. The van der Waals surface area contributed by atoms with E-state index in [2.05, 4.69) is 61.7 Å². The lowest BCUT2D eigenvalue weighted by Gasteiger charge is -2.33. The zero-order valence-electron chi connectivity index (χ0n) is 11.5. The second kappa shape index (κ2) is 5.90. The predicted octanol–water partition coefficient (Wildman–Crippen LogP) is 4.57. The van der Waals surface area contributed by atoms with Gasteiger partial charge < -0.3 is 4.90 Å². The summed E-state index contributed by atoms with van der Waals surface area (Å²) in [7, 11) is 0. The second-order valence-corrected chi connectivity index (χ2v) is 5.39. The first-order valence-electron chi connectivity index (χ1n) is 6.78. The molecule has 1 aromatic rings. The molecular weight excluding hydrogens is 218 g/mol. The van der Waals surface area contributed by atoms with Crippen molar-refractivity contribution in [2.45, 2.75) is 39.2 Å². The fourth-order valence-corrected chi connectivity index (χ4v) is 2.74. The van der Waals surface area contributed by atoms with Crippen LogP contribution in [0.15, 0.2) is 54.1 Å². The Morgan fingerprint density at radius 2 is 2.06 bits per heavy atom. The summed E-state index contributed by atoms with van der Waals surface area (Å²) < 4.78 is 0. The summed E-state index contributed by atoms with van der Waals surface area (Å²) in [6.45, 7) is 9.58. The van der Waals surface area contributed by atoms with Crippen molar-refractivity contribution in [2.24, 2.45) is 0 Å². The molecule has 0 amide bonds. The molecule has 0 spiro atoms. The molecule has 0 bridgehead atoms. The maximum absolute atomic E-state index is 4.09. The van der Waals surface area contributed by atoms with E-state index in [1.54, 1.807) is 0 Å². The smallest absolute Gasteiger partial charge is 0.0369 e. The van der Waals surface area contributed by atoms with Gasteiger partial charge in [-0.05, 0) is 45.2 Å². The Labute approximate surface area is 111 Å². The lowest BCUT2D eigenvalue weighted by Crippen LogP contribution is -2.35. The first kappa shape index (κ1) is 12.9. The maximum Gasteiger partial charge on any atom is 0.0369 e. The van der Waals surface area contributed by atoms with Crippen molar-refractivity contribution in [2.75, 3.05) is 11.4 Å². The van der Waals surface area contributed by atoms with Crippen molar-refractivity contribution in [3.63, 3.8) is 0 Å². The Bertz CT molecular complexity index is 430. The highest BCUT2D eigenvalue weighted by Crippen LogP contribution is 2.27. The van der Waals surface area contributed by atoms with Crippen molar-refractivity contribution < 1.29 is 0 Å². The van der Waals surface area contributed by atoms with Gasteiger partial charge in [-0.15, -0.1) is 6.58 Å². The third kappa shape index (κ3) is 3.25. The van der Waals surface area contributed by atoms with Gasteiger partial charge in [-0.1, -0.05) is 35.4 Å². The molecule has 2 rings (SSSR count). The number of hydrogen-bond acceptors (Lipinski definition) is 1. The van der Waals surface area contributed by atoms with Gasteiger partial charge in [0.15, 0.2) is 0 Å².